The van der Waals surface area contributed by atoms with Crippen LogP contribution in [0.4, 0.5) is 0 Å². The van der Waals surface area contributed by atoms with Gasteiger partial charge in [-0.1, -0.05) is 24.0 Å². The van der Waals surface area contributed by atoms with Crippen molar-refractivity contribution in [2.75, 3.05) is 11.5 Å². The van der Waals surface area contributed by atoms with E-state index in [0.717, 1.165) is 5.56 Å². The summed E-state index contributed by atoms with van der Waals surface area (Å²) in [5, 5.41) is 8.76. The molecule has 1 fully saturated rings. The van der Waals surface area contributed by atoms with Crippen molar-refractivity contribution in [1.29, 1.82) is 0 Å². The summed E-state index contributed by atoms with van der Waals surface area (Å²) in [6.07, 6.45) is 0.496. The van der Waals surface area contributed by atoms with Gasteiger partial charge in [-0.2, -0.15) is 0 Å². The SMILES string of the molecule is CC1(C#CCc2ccc(C(=O)O)cc2)CS(=O)(=O)C1. The topological polar surface area (TPSA) is 71.4 Å². The van der Waals surface area contributed by atoms with Crippen LogP contribution in [0.5, 0.6) is 0 Å². The molecule has 100 valence electrons. The minimum absolute atomic E-state index is 0.130. The average Bonchev–Trinajstić information content (AvgIpc) is 2.26. The Morgan fingerprint density at radius 1 is 1.32 bits per heavy atom. The molecule has 0 spiro atoms. The van der Waals surface area contributed by atoms with E-state index in [-0.39, 0.29) is 17.1 Å². The Morgan fingerprint density at radius 3 is 2.37 bits per heavy atom. The molecule has 0 unspecified atom stereocenters. The largest absolute Gasteiger partial charge is 0.478 e. The Balaban J connectivity index is 1.99. The molecule has 0 amide bonds. The number of rotatable bonds is 2. The van der Waals surface area contributed by atoms with Gasteiger partial charge in [0.2, 0.25) is 0 Å². The quantitative estimate of drug-likeness (QED) is 0.829. The molecule has 1 aromatic rings. The zero-order chi connectivity index (χ0) is 14.1. The summed E-state index contributed by atoms with van der Waals surface area (Å²) in [5.41, 5.74) is 0.747. The first-order valence-corrected chi connectivity index (χ1v) is 7.65. The summed E-state index contributed by atoms with van der Waals surface area (Å²) < 4.78 is 22.2. The molecule has 1 aliphatic rings. The zero-order valence-electron chi connectivity index (χ0n) is 10.5. The van der Waals surface area contributed by atoms with Gasteiger partial charge in [-0.05, 0) is 24.6 Å². The Kier molecular flexibility index (Phi) is 3.38. The van der Waals surface area contributed by atoms with Gasteiger partial charge >= 0.3 is 5.97 Å². The third kappa shape index (κ3) is 3.36. The first-order valence-electron chi connectivity index (χ1n) is 5.82. The number of sulfone groups is 1. The Hall–Kier alpha value is -1.80. The lowest BCUT2D eigenvalue weighted by Gasteiger charge is -2.32. The number of carboxylic acid groups (broad SMARTS) is 1. The van der Waals surface area contributed by atoms with E-state index in [1.165, 1.54) is 12.1 Å². The molecule has 19 heavy (non-hydrogen) atoms. The van der Waals surface area contributed by atoms with Crippen LogP contribution in [0.3, 0.4) is 0 Å². The maximum Gasteiger partial charge on any atom is 0.335 e. The van der Waals surface area contributed by atoms with Crippen molar-refractivity contribution < 1.29 is 18.3 Å². The molecule has 0 radical (unpaired) electrons. The first-order chi connectivity index (χ1) is 8.80. The van der Waals surface area contributed by atoms with Gasteiger partial charge in [0.25, 0.3) is 0 Å². The highest BCUT2D eigenvalue weighted by Gasteiger charge is 2.43. The third-order valence-electron chi connectivity index (χ3n) is 2.96. The number of carbonyl (C=O) groups is 1. The van der Waals surface area contributed by atoms with Gasteiger partial charge in [0.05, 0.1) is 22.5 Å². The number of benzene rings is 1. The smallest absolute Gasteiger partial charge is 0.335 e. The van der Waals surface area contributed by atoms with Gasteiger partial charge in [0.15, 0.2) is 9.84 Å². The molecule has 0 saturated carbocycles. The fraction of sp³-hybridized carbons (Fsp3) is 0.357. The lowest BCUT2D eigenvalue weighted by molar-refractivity contribution is 0.0697. The molecular formula is C14H14O4S. The van der Waals surface area contributed by atoms with E-state index in [1.807, 2.05) is 6.92 Å². The van der Waals surface area contributed by atoms with Crippen LogP contribution in [0.1, 0.15) is 22.8 Å². The minimum atomic E-state index is -2.87. The Bertz CT molecular complexity index is 648. The van der Waals surface area contributed by atoms with Crippen molar-refractivity contribution in [1.82, 2.24) is 0 Å². The van der Waals surface area contributed by atoms with Crippen molar-refractivity contribution in [3.05, 3.63) is 35.4 Å². The summed E-state index contributed by atoms with van der Waals surface area (Å²) in [7, 11) is -2.87. The van der Waals surface area contributed by atoms with Gasteiger partial charge in [0.1, 0.15) is 0 Å². The minimum Gasteiger partial charge on any atom is -0.478 e. The second-order valence-corrected chi connectivity index (χ2v) is 7.14. The molecule has 0 bridgehead atoms. The number of aromatic carboxylic acids is 1. The maximum absolute atomic E-state index is 11.1. The fourth-order valence-corrected chi connectivity index (χ4v) is 4.13. The highest BCUT2D eigenvalue weighted by atomic mass is 32.2. The van der Waals surface area contributed by atoms with Crippen LogP contribution in [0.15, 0.2) is 24.3 Å². The molecule has 1 aromatic carbocycles. The standard InChI is InChI=1S/C14H14O4S/c1-14(9-19(17,18)10-14)8-2-3-11-4-6-12(7-5-11)13(15)16/h4-7H,3,9-10H2,1H3,(H,15,16). The zero-order valence-corrected chi connectivity index (χ0v) is 11.3. The van der Waals surface area contributed by atoms with Crippen molar-refractivity contribution >= 4 is 15.8 Å². The molecule has 2 rings (SSSR count). The van der Waals surface area contributed by atoms with E-state index in [0.29, 0.717) is 6.42 Å². The summed E-state index contributed by atoms with van der Waals surface area (Å²) in [6, 6.07) is 6.51. The van der Waals surface area contributed by atoms with Gasteiger partial charge < -0.3 is 5.11 Å². The highest BCUT2D eigenvalue weighted by molar-refractivity contribution is 7.92. The highest BCUT2D eigenvalue weighted by Crippen LogP contribution is 2.31. The molecular weight excluding hydrogens is 264 g/mol. The van der Waals surface area contributed by atoms with E-state index in [1.54, 1.807) is 12.1 Å². The van der Waals surface area contributed by atoms with Crippen LogP contribution in [0.2, 0.25) is 0 Å². The predicted molar refractivity (Wildman–Crippen MR) is 71.6 cm³/mol. The molecule has 0 atom stereocenters. The summed E-state index contributed by atoms with van der Waals surface area (Å²) >= 11 is 0. The molecule has 1 saturated heterocycles. The second-order valence-electron chi connectivity index (χ2n) is 5.07. The van der Waals surface area contributed by atoms with E-state index in [4.69, 9.17) is 5.11 Å². The molecule has 1 N–H and O–H groups in total. The van der Waals surface area contributed by atoms with Crippen molar-refractivity contribution in [2.24, 2.45) is 5.41 Å². The third-order valence-corrected chi connectivity index (χ3v) is 5.11. The van der Waals surface area contributed by atoms with Crippen molar-refractivity contribution in [3.63, 3.8) is 0 Å². The molecule has 5 heteroatoms. The number of hydrogen-bond acceptors (Lipinski definition) is 3. The van der Waals surface area contributed by atoms with E-state index in [9.17, 15) is 13.2 Å². The molecule has 4 nitrogen and oxygen atoms in total. The molecule has 1 aliphatic heterocycles. The van der Waals surface area contributed by atoms with Crippen LogP contribution in [-0.2, 0) is 16.3 Å². The average molecular weight is 278 g/mol. The maximum atomic E-state index is 11.1. The lowest BCUT2D eigenvalue weighted by Crippen LogP contribution is -2.45. The monoisotopic (exact) mass is 278 g/mol. The second kappa shape index (κ2) is 4.71. The van der Waals surface area contributed by atoms with Crippen molar-refractivity contribution in [3.8, 4) is 11.8 Å². The van der Waals surface area contributed by atoms with Gasteiger partial charge in [0, 0.05) is 6.42 Å². The molecule has 1 heterocycles. The summed E-state index contributed by atoms with van der Waals surface area (Å²) in [5.74, 6) is 5.27. The van der Waals surface area contributed by atoms with Crippen LogP contribution in [-0.4, -0.2) is 31.0 Å². The molecule has 0 aliphatic carbocycles. The van der Waals surface area contributed by atoms with Crippen LogP contribution >= 0.6 is 0 Å². The van der Waals surface area contributed by atoms with Crippen LogP contribution < -0.4 is 0 Å². The van der Waals surface area contributed by atoms with Crippen molar-refractivity contribution in [2.45, 2.75) is 13.3 Å². The van der Waals surface area contributed by atoms with Crippen LogP contribution in [0, 0.1) is 17.3 Å². The summed E-state index contributed by atoms with van der Waals surface area (Å²) in [6.45, 7) is 1.84. The Morgan fingerprint density at radius 2 is 1.89 bits per heavy atom. The lowest BCUT2D eigenvalue weighted by atomic mass is 9.95. The Labute approximate surface area is 112 Å². The first kappa shape index (κ1) is 13.6. The van der Waals surface area contributed by atoms with E-state index < -0.39 is 21.2 Å². The number of hydrogen-bond donors (Lipinski definition) is 1. The van der Waals surface area contributed by atoms with Gasteiger partial charge in [-0.15, -0.1) is 0 Å². The van der Waals surface area contributed by atoms with Gasteiger partial charge in [-0.3, -0.25) is 0 Å². The fourth-order valence-electron chi connectivity index (χ4n) is 2.13. The number of carboxylic acids is 1. The summed E-state index contributed by atoms with van der Waals surface area (Å²) in [4.78, 5) is 10.7. The van der Waals surface area contributed by atoms with E-state index in [2.05, 4.69) is 11.8 Å². The van der Waals surface area contributed by atoms with Crippen LogP contribution in [0.25, 0.3) is 0 Å². The normalized spacial score (nSPS) is 18.8. The molecule has 0 aromatic heterocycles. The van der Waals surface area contributed by atoms with E-state index >= 15 is 0 Å². The predicted octanol–water partition coefficient (Wildman–Crippen LogP) is 1.37. The van der Waals surface area contributed by atoms with Gasteiger partial charge in [-0.25, -0.2) is 13.2 Å².